The molecule has 5 rings (SSSR count). The summed E-state index contributed by atoms with van der Waals surface area (Å²) >= 11 is 0. The number of hydrogen-bond acceptors (Lipinski definition) is 4. The lowest BCUT2D eigenvalue weighted by atomic mass is 10.0. The topological polar surface area (TPSA) is 44.8 Å². The van der Waals surface area contributed by atoms with Gasteiger partial charge < -0.3 is 19.9 Å². The molecule has 1 unspecified atom stereocenters. The predicted molar refractivity (Wildman–Crippen MR) is 128 cm³/mol. The second-order valence-corrected chi connectivity index (χ2v) is 9.91. The normalized spacial score (nSPS) is 21.6. The Bertz CT molecular complexity index is 990. The zero-order valence-corrected chi connectivity index (χ0v) is 19.5. The highest BCUT2D eigenvalue weighted by atomic mass is 19.1. The van der Waals surface area contributed by atoms with Crippen LogP contribution in [0.4, 0.5) is 14.5 Å². The van der Waals surface area contributed by atoms with Gasteiger partial charge in [-0.2, -0.15) is 0 Å². The molecule has 2 aromatic carbocycles. The number of halogens is 2. The predicted octanol–water partition coefficient (Wildman–Crippen LogP) is 4.16. The zero-order chi connectivity index (χ0) is 23.5. The fourth-order valence-corrected chi connectivity index (χ4v) is 5.03. The molecule has 1 aliphatic carbocycles. The molecule has 5 nitrogen and oxygen atoms in total. The molecule has 34 heavy (non-hydrogen) atoms. The van der Waals surface area contributed by atoms with Crippen molar-refractivity contribution < 1.29 is 18.3 Å². The molecule has 2 atom stereocenters. The van der Waals surface area contributed by atoms with E-state index in [-0.39, 0.29) is 35.6 Å². The number of anilines is 1. The second kappa shape index (κ2) is 10.3. The molecule has 1 N–H and O–H groups in total. The van der Waals surface area contributed by atoms with Crippen molar-refractivity contribution in [2.45, 2.75) is 50.7 Å². The third-order valence-corrected chi connectivity index (χ3v) is 7.07. The fourth-order valence-electron chi connectivity index (χ4n) is 5.03. The lowest BCUT2D eigenvalue weighted by Crippen LogP contribution is -2.46. The number of likely N-dealkylation sites (tertiary alicyclic amines) is 1. The third kappa shape index (κ3) is 5.87. The van der Waals surface area contributed by atoms with Gasteiger partial charge in [-0.25, -0.2) is 8.78 Å². The van der Waals surface area contributed by atoms with E-state index in [9.17, 15) is 13.6 Å². The van der Waals surface area contributed by atoms with Crippen LogP contribution < -0.4 is 15.0 Å². The molecule has 182 valence electrons. The van der Waals surface area contributed by atoms with Crippen LogP contribution in [0.1, 0.15) is 37.7 Å². The highest BCUT2D eigenvalue weighted by Gasteiger charge is 2.31. The standard InChI is InChI=1S/C27H33F2N3O2/c28-21-4-6-23(7-5-21)32-14-11-20(17-32)27(33)30-22(18-31-12-1-2-13-31)15-19-3-10-26(25(29)16-19)34-24-8-9-24/h3-7,10,16,20,22,24H,1-2,8-9,11-15,17-18H2,(H,30,33)/t20-,22?/m1/s1. The van der Waals surface area contributed by atoms with Crippen LogP contribution in [0.25, 0.3) is 0 Å². The average Bonchev–Trinajstić information content (AvgIpc) is 3.26. The molecule has 2 heterocycles. The molecule has 3 fully saturated rings. The van der Waals surface area contributed by atoms with Crippen LogP contribution in [0.3, 0.4) is 0 Å². The van der Waals surface area contributed by atoms with Gasteiger partial charge in [-0.15, -0.1) is 0 Å². The summed E-state index contributed by atoms with van der Waals surface area (Å²) in [5.74, 6) is -0.342. The highest BCUT2D eigenvalue weighted by molar-refractivity contribution is 5.80. The number of nitrogens with one attached hydrogen (secondary N) is 1. The van der Waals surface area contributed by atoms with Gasteiger partial charge in [0.2, 0.25) is 5.91 Å². The van der Waals surface area contributed by atoms with E-state index >= 15 is 0 Å². The minimum Gasteiger partial charge on any atom is -0.487 e. The summed E-state index contributed by atoms with van der Waals surface area (Å²) in [5, 5.41) is 3.27. The molecule has 2 aromatic rings. The zero-order valence-electron chi connectivity index (χ0n) is 19.5. The lowest BCUT2D eigenvalue weighted by molar-refractivity contribution is -0.125. The Morgan fingerprint density at radius 1 is 1.03 bits per heavy atom. The maximum absolute atomic E-state index is 14.6. The van der Waals surface area contributed by atoms with Gasteiger partial charge in [0.15, 0.2) is 11.6 Å². The van der Waals surface area contributed by atoms with Gasteiger partial charge in [-0.1, -0.05) is 6.07 Å². The first-order valence-electron chi connectivity index (χ1n) is 12.5. The molecule has 2 saturated heterocycles. The minimum absolute atomic E-state index is 0.0444. The van der Waals surface area contributed by atoms with Crippen LogP contribution in [0.2, 0.25) is 0 Å². The first-order valence-corrected chi connectivity index (χ1v) is 12.5. The number of carbonyl (C=O) groups is 1. The number of ether oxygens (including phenoxy) is 1. The summed E-state index contributed by atoms with van der Waals surface area (Å²) in [4.78, 5) is 17.7. The van der Waals surface area contributed by atoms with Crippen molar-refractivity contribution in [3.05, 3.63) is 59.7 Å². The van der Waals surface area contributed by atoms with Crippen LogP contribution in [0.5, 0.6) is 5.75 Å². The van der Waals surface area contributed by atoms with E-state index in [0.29, 0.717) is 18.7 Å². The average molecular weight is 470 g/mol. The molecular weight excluding hydrogens is 436 g/mol. The van der Waals surface area contributed by atoms with Gasteiger partial charge in [0.05, 0.1) is 12.0 Å². The van der Waals surface area contributed by atoms with Crippen molar-refractivity contribution >= 4 is 11.6 Å². The van der Waals surface area contributed by atoms with Gasteiger partial charge in [0.1, 0.15) is 5.82 Å². The lowest BCUT2D eigenvalue weighted by Gasteiger charge is -2.26. The van der Waals surface area contributed by atoms with E-state index in [2.05, 4.69) is 15.1 Å². The van der Waals surface area contributed by atoms with Crippen LogP contribution in [-0.4, -0.2) is 55.7 Å². The van der Waals surface area contributed by atoms with Crippen LogP contribution in [0, 0.1) is 17.6 Å². The number of benzene rings is 2. The van der Waals surface area contributed by atoms with E-state index < -0.39 is 0 Å². The summed E-state index contributed by atoms with van der Waals surface area (Å²) in [6.07, 6.45) is 5.84. The van der Waals surface area contributed by atoms with E-state index in [1.807, 2.05) is 6.07 Å². The summed E-state index contributed by atoms with van der Waals surface area (Å²) in [6, 6.07) is 11.5. The Morgan fingerprint density at radius 2 is 1.79 bits per heavy atom. The molecule has 1 amide bonds. The van der Waals surface area contributed by atoms with Crippen molar-refractivity contribution in [2.75, 3.05) is 37.6 Å². The molecule has 1 saturated carbocycles. The Morgan fingerprint density at radius 3 is 2.50 bits per heavy atom. The van der Waals surface area contributed by atoms with Gasteiger partial charge in [0, 0.05) is 31.4 Å². The monoisotopic (exact) mass is 469 g/mol. The minimum atomic E-state index is -0.332. The SMILES string of the molecule is O=C(NC(Cc1ccc(OC2CC2)c(F)c1)CN1CCCC1)[C@@H]1CCN(c2ccc(F)cc2)C1. The van der Waals surface area contributed by atoms with Crippen molar-refractivity contribution in [2.24, 2.45) is 5.92 Å². The Hall–Kier alpha value is -2.67. The summed E-state index contributed by atoms with van der Waals surface area (Å²) < 4.78 is 33.5. The largest absolute Gasteiger partial charge is 0.487 e. The van der Waals surface area contributed by atoms with Gasteiger partial charge >= 0.3 is 0 Å². The first kappa shape index (κ1) is 23.1. The maximum atomic E-state index is 14.6. The van der Waals surface area contributed by atoms with Gasteiger partial charge in [-0.3, -0.25) is 4.79 Å². The van der Waals surface area contributed by atoms with Crippen LogP contribution >= 0.6 is 0 Å². The first-order chi connectivity index (χ1) is 16.5. The van der Waals surface area contributed by atoms with E-state index in [0.717, 1.165) is 56.7 Å². The molecule has 0 aromatic heterocycles. The summed E-state index contributed by atoms with van der Waals surface area (Å²) in [7, 11) is 0. The summed E-state index contributed by atoms with van der Waals surface area (Å²) in [5.41, 5.74) is 1.80. The van der Waals surface area contributed by atoms with Crippen molar-refractivity contribution in [3.8, 4) is 5.75 Å². The van der Waals surface area contributed by atoms with Crippen molar-refractivity contribution in [1.82, 2.24) is 10.2 Å². The Kier molecular flexibility index (Phi) is 6.99. The number of hydrogen-bond donors (Lipinski definition) is 1. The van der Waals surface area contributed by atoms with Crippen molar-refractivity contribution in [1.29, 1.82) is 0 Å². The number of rotatable bonds is 9. The molecule has 0 radical (unpaired) electrons. The molecular formula is C27H33F2N3O2. The van der Waals surface area contributed by atoms with Gasteiger partial charge in [0.25, 0.3) is 0 Å². The summed E-state index contributed by atoms with van der Waals surface area (Å²) in [6.45, 7) is 4.24. The number of amides is 1. The number of nitrogens with zero attached hydrogens (tertiary/aromatic N) is 2. The van der Waals surface area contributed by atoms with E-state index in [1.54, 1.807) is 24.3 Å². The molecule has 2 aliphatic heterocycles. The molecule has 3 aliphatic rings. The van der Waals surface area contributed by atoms with E-state index in [4.69, 9.17) is 4.74 Å². The molecule has 0 spiro atoms. The fraction of sp³-hybridized carbons (Fsp3) is 0.519. The Labute approximate surface area is 200 Å². The molecule has 0 bridgehead atoms. The third-order valence-electron chi connectivity index (χ3n) is 7.07. The smallest absolute Gasteiger partial charge is 0.225 e. The molecule has 7 heteroatoms. The highest BCUT2D eigenvalue weighted by Crippen LogP contribution is 2.29. The number of carbonyl (C=O) groups excluding carboxylic acids is 1. The van der Waals surface area contributed by atoms with Crippen LogP contribution in [0.15, 0.2) is 42.5 Å². The maximum Gasteiger partial charge on any atom is 0.225 e. The van der Waals surface area contributed by atoms with Gasteiger partial charge in [-0.05, 0) is 93.6 Å². The van der Waals surface area contributed by atoms with Crippen molar-refractivity contribution in [3.63, 3.8) is 0 Å². The van der Waals surface area contributed by atoms with E-state index in [1.165, 1.54) is 25.0 Å². The van der Waals surface area contributed by atoms with Crippen LogP contribution in [-0.2, 0) is 11.2 Å². The quantitative estimate of drug-likeness (QED) is 0.599. The second-order valence-electron chi connectivity index (χ2n) is 9.91. The Balaban J connectivity index is 1.22.